The summed E-state index contributed by atoms with van der Waals surface area (Å²) in [5, 5.41) is 9.72. The van der Waals surface area contributed by atoms with Crippen LogP contribution in [-0.4, -0.2) is 44.1 Å². The Hall–Kier alpha value is -4.72. The quantitative estimate of drug-likeness (QED) is 0.361. The van der Waals surface area contributed by atoms with Gasteiger partial charge >= 0.3 is 11.8 Å². The molecule has 10 nitrogen and oxygen atoms in total. The van der Waals surface area contributed by atoms with E-state index in [1.165, 1.54) is 24.3 Å². The van der Waals surface area contributed by atoms with Gasteiger partial charge in [-0.3, -0.25) is 9.55 Å². The molecule has 0 aliphatic carbocycles. The van der Waals surface area contributed by atoms with Crippen LogP contribution >= 0.6 is 0 Å². The topological polar surface area (TPSA) is 112 Å². The highest BCUT2D eigenvalue weighted by Gasteiger charge is 2.54. The number of carbonyl (C=O) groups excluding carboxylic acids is 1. The summed E-state index contributed by atoms with van der Waals surface area (Å²) in [5.74, 6) is -4.07. The molecule has 2 N–H and O–H groups in total. The van der Waals surface area contributed by atoms with Crippen LogP contribution in [0.4, 0.5) is 22.4 Å². The molecular weight excluding hydrogens is 524 g/mol. The Morgan fingerprint density at radius 1 is 1.03 bits per heavy atom. The Balaban J connectivity index is 1.23. The second-order valence-electron chi connectivity index (χ2n) is 9.08. The molecule has 200 valence electrons. The predicted molar refractivity (Wildman–Crippen MR) is 125 cm³/mol. The molecule has 1 spiro atoms. The largest absolute Gasteiger partial charge is 0.451 e. The van der Waals surface area contributed by atoms with Crippen molar-refractivity contribution in [1.29, 1.82) is 0 Å². The van der Waals surface area contributed by atoms with E-state index in [0.717, 1.165) is 40.0 Å². The van der Waals surface area contributed by atoms with Gasteiger partial charge in [-0.1, -0.05) is 6.07 Å². The Morgan fingerprint density at radius 2 is 1.82 bits per heavy atom. The number of pyridine rings is 1. The van der Waals surface area contributed by atoms with Gasteiger partial charge in [-0.05, 0) is 24.3 Å². The van der Waals surface area contributed by atoms with Gasteiger partial charge in [0.05, 0.1) is 30.2 Å². The molecule has 14 heteroatoms. The van der Waals surface area contributed by atoms with Gasteiger partial charge in [0.15, 0.2) is 23.1 Å². The number of carbonyl (C=O) groups is 1. The average Bonchev–Trinajstić information content (AvgIpc) is 3.48. The molecule has 0 saturated carbocycles. The number of nitrogens with zero attached hydrogens (tertiary/aromatic N) is 4. The summed E-state index contributed by atoms with van der Waals surface area (Å²) in [5.41, 5.74) is -1.45. The Bertz CT molecular complexity index is 1650. The number of hydrogen-bond donors (Lipinski definition) is 2. The fourth-order valence-electron chi connectivity index (χ4n) is 4.53. The first-order valence-corrected chi connectivity index (χ1v) is 11.6. The highest BCUT2D eigenvalue weighted by atomic mass is 19.1. The molecule has 2 atom stereocenters. The molecule has 2 saturated heterocycles. The number of cyclic esters (lactones) is 1. The molecule has 0 radical (unpaired) electrons. The van der Waals surface area contributed by atoms with E-state index in [9.17, 15) is 27.2 Å². The zero-order valence-electron chi connectivity index (χ0n) is 19.8. The van der Waals surface area contributed by atoms with Gasteiger partial charge in [-0.15, -0.1) is 0 Å². The molecule has 2 aliphatic rings. The third-order valence-corrected chi connectivity index (χ3v) is 6.63. The van der Waals surface area contributed by atoms with Gasteiger partial charge in [-0.25, -0.2) is 27.2 Å². The monoisotopic (exact) mass is 542 g/mol. The van der Waals surface area contributed by atoms with Gasteiger partial charge < -0.3 is 20.1 Å². The summed E-state index contributed by atoms with van der Waals surface area (Å²) in [6.45, 7) is 0.121. The molecule has 2 unspecified atom stereocenters. The minimum absolute atomic E-state index is 0.00563. The molecule has 6 rings (SSSR count). The highest BCUT2D eigenvalue weighted by Crippen LogP contribution is 2.37. The van der Waals surface area contributed by atoms with E-state index in [0.29, 0.717) is 12.2 Å². The molecular formula is C25H18F4N6O4. The maximum atomic E-state index is 15.0. The number of benzene rings is 2. The summed E-state index contributed by atoms with van der Waals surface area (Å²) in [4.78, 5) is 28.3. The number of rotatable bonds is 6. The van der Waals surface area contributed by atoms with Crippen LogP contribution in [0.1, 0.15) is 17.3 Å². The third kappa shape index (κ3) is 4.27. The van der Waals surface area contributed by atoms with E-state index in [-0.39, 0.29) is 29.4 Å². The lowest BCUT2D eigenvalue weighted by atomic mass is 9.81. The first kappa shape index (κ1) is 24.6. The van der Waals surface area contributed by atoms with Crippen LogP contribution in [0.15, 0.2) is 59.8 Å². The lowest BCUT2D eigenvalue weighted by Gasteiger charge is -2.45. The zero-order chi connectivity index (χ0) is 27.3. The van der Waals surface area contributed by atoms with E-state index in [4.69, 9.17) is 9.47 Å². The van der Waals surface area contributed by atoms with Crippen molar-refractivity contribution < 1.29 is 31.8 Å². The smallest absolute Gasteiger partial charge is 0.407 e. The van der Waals surface area contributed by atoms with Crippen LogP contribution in [0.5, 0.6) is 11.5 Å². The van der Waals surface area contributed by atoms with Gasteiger partial charge in [0.25, 0.3) is 0 Å². The second kappa shape index (κ2) is 9.23. The molecule has 1 amide bonds. The van der Waals surface area contributed by atoms with Crippen LogP contribution < -0.4 is 21.1 Å². The number of hydrogen-bond acceptors (Lipinski definition) is 7. The van der Waals surface area contributed by atoms with Crippen LogP contribution in [0.3, 0.4) is 0 Å². The molecule has 39 heavy (non-hydrogen) atoms. The number of amides is 1. The zero-order valence-corrected chi connectivity index (χ0v) is 19.8. The van der Waals surface area contributed by atoms with Gasteiger partial charge in [-0.2, -0.15) is 9.78 Å². The third-order valence-electron chi connectivity index (χ3n) is 6.63. The fraction of sp³-hybridized carbons (Fsp3) is 0.200. The van der Waals surface area contributed by atoms with Crippen LogP contribution in [0.25, 0.3) is 5.69 Å². The highest BCUT2D eigenvalue weighted by molar-refractivity contribution is 5.71. The van der Waals surface area contributed by atoms with Gasteiger partial charge in [0, 0.05) is 24.2 Å². The van der Waals surface area contributed by atoms with Crippen molar-refractivity contribution >= 4 is 6.09 Å². The van der Waals surface area contributed by atoms with Crippen molar-refractivity contribution in [2.24, 2.45) is 0 Å². The SMILES string of the molecule is O=C1NC2(CNC2c2cc(Oc3ccc(-n4ncn(Cc5c(F)cccc5F)c4=O)cc3F)c(F)cn2)CO1. The summed E-state index contributed by atoms with van der Waals surface area (Å²) in [6.07, 6.45) is 1.43. The van der Waals surface area contributed by atoms with Crippen molar-refractivity contribution in [2.75, 3.05) is 13.2 Å². The molecule has 2 fully saturated rings. The maximum Gasteiger partial charge on any atom is 0.407 e. The molecule has 0 bridgehead atoms. The number of aromatic nitrogens is 4. The van der Waals surface area contributed by atoms with Crippen LogP contribution in [0, 0.1) is 23.3 Å². The average molecular weight is 542 g/mol. The standard InChI is InChI=1S/C25H18F4N6O4/c26-15-2-1-3-16(27)14(15)9-34-12-32-35(24(34)37)13-4-5-20(17(28)6-13)39-21-7-19(30-8-18(21)29)22-25(10-31-22)11-38-23(36)33-25/h1-8,12,22,31H,9-11H2,(H,33,36). The first-order valence-electron chi connectivity index (χ1n) is 11.6. The molecule has 2 aromatic carbocycles. The fourth-order valence-corrected chi connectivity index (χ4v) is 4.53. The number of alkyl carbamates (subject to hydrolysis) is 1. The lowest BCUT2D eigenvalue weighted by molar-refractivity contribution is 0.121. The summed E-state index contributed by atoms with van der Waals surface area (Å²) in [6, 6.07) is 7.60. The van der Waals surface area contributed by atoms with Crippen molar-refractivity contribution in [2.45, 2.75) is 18.1 Å². The first-order chi connectivity index (χ1) is 18.7. The van der Waals surface area contributed by atoms with Crippen LogP contribution in [-0.2, 0) is 11.3 Å². The molecule has 2 aliphatic heterocycles. The molecule has 2 aromatic heterocycles. The van der Waals surface area contributed by atoms with E-state index in [1.54, 1.807) is 0 Å². The normalized spacial score (nSPS) is 20.0. The maximum absolute atomic E-state index is 15.0. The second-order valence-corrected chi connectivity index (χ2v) is 9.08. The van der Waals surface area contributed by atoms with Gasteiger partial charge in [0.1, 0.15) is 30.1 Å². The minimum atomic E-state index is -0.929. The Morgan fingerprint density at radius 3 is 2.49 bits per heavy atom. The predicted octanol–water partition coefficient (Wildman–Crippen LogP) is 2.95. The van der Waals surface area contributed by atoms with Crippen molar-refractivity contribution in [3.05, 3.63) is 100.0 Å². The van der Waals surface area contributed by atoms with Crippen molar-refractivity contribution in [3.8, 4) is 17.2 Å². The van der Waals surface area contributed by atoms with E-state index in [1.807, 2.05) is 0 Å². The molecule has 4 heterocycles. The van der Waals surface area contributed by atoms with E-state index >= 15 is 0 Å². The summed E-state index contributed by atoms with van der Waals surface area (Å²) < 4.78 is 69.7. The van der Waals surface area contributed by atoms with E-state index in [2.05, 4.69) is 20.7 Å². The lowest BCUT2D eigenvalue weighted by Crippen LogP contribution is -2.69. The van der Waals surface area contributed by atoms with Crippen LogP contribution in [0.2, 0.25) is 0 Å². The molecule has 4 aromatic rings. The number of halogens is 4. The van der Waals surface area contributed by atoms with E-state index < -0.39 is 53.2 Å². The van der Waals surface area contributed by atoms with Crippen molar-refractivity contribution in [1.82, 2.24) is 30.0 Å². The van der Waals surface area contributed by atoms with Gasteiger partial charge in [0.2, 0.25) is 0 Å². The Kier molecular flexibility index (Phi) is 5.83. The number of ether oxygens (including phenoxy) is 2. The summed E-state index contributed by atoms with van der Waals surface area (Å²) >= 11 is 0. The number of nitrogens with one attached hydrogen (secondary N) is 2. The minimum Gasteiger partial charge on any atom is -0.451 e. The van der Waals surface area contributed by atoms with Crippen molar-refractivity contribution in [3.63, 3.8) is 0 Å². The Labute approximate surface area is 216 Å². The summed E-state index contributed by atoms with van der Waals surface area (Å²) in [7, 11) is 0.